The molecule has 1 aromatic heterocycles. The topological polar surface area (TPSA) is 47.0 Å². The van der Waals surface area contributed by atoms with E-state index in [2.05, 4.69) is 15.5 Å². The maximum Gasteiger partial charge on any atom is 0.445 e. The number of alkyl halides is 3. The van der Waals surface area contributed by atoms with Gasteiger partial charge in [0.1, 0.15) is 5.75 Å². The summed E-state index contributed by atoms with van der Waals surface area (Å²) in [4.78, 5) is 0. The molecule has 8 heteroatoms. The second kappa shape index (κ2) is 5.43. The van der Waals surface area contributed by atoms with Crippen LogP contribution in [0.25, 0.3) is 0 Å². The first-order chi connectivity index (χ1) is 8.99. The van der Waals surface area contributed by atoms with Crippen molar-refractivity contribution in [3.05, 3.63) is 34.8 Å². The number of halogens is 3. The Morgan fingerprint density at radius 2 is 2.11 bits per heavy atom. The maximum absolute atomic E-state index is 12.3. The second-order valence-corrected chi connectivity index (χ2v) is 4.59. The van der Waals surface area contributed by atoms with Crippen molar-refractivity contribution in [2.45, 2.75) is 12.7 Å². The summed E-state index contributed by atoms with van der Waals surface area (Å²) in [6, 6.07) is 7.22. The molecular formula is C11H10F3N3OS. The zero-order chi connectivity index (χ0) is 13.9. The Morgan fingerprint density at radius 1 is 1.32 bits per heavy atom. The minimum absolute atomic E-state index is 0.134. The van der Waals surface area contributed by atoms with Crippen molar-refractivity contribution in [3.8, 4) is 5.75 Å². The van der Waals surface area contributed by atoms with Crippen LogP contribution in [0.5, 0.6) is 5.75 Å². The van der Waals surface area contributed by atoms with Crippen molar-refractivity contribution in [3.63, 3.8) is 0 Å². The van der Waals surface area contributed by atoms with E-state index in [0.29, 0.717) is 23.6 Å². The van der Waals surface area contributed by atoms with E-state index in [9.17, 15) is 13.2 Å². The molecule has 1 aromatic carbocycles. The standard InChI is InChI=1S/C11H10F3N3OS/c1-18-8-4-2-3-7(5-8)6-15-10-17-16-9(19-10)11(12,13)14/h2-5H,6H2,1H3,(H,15,17). The van der Waals surface area contributed by atoms with Crippen LogP contribution in [0.15, 0.2) is 24.3 Å². The number of hydrogen-bond donors (Lipinski definition) is 1. The molecule has 19 heavy (non-hydrogen) atoms. The van der Waals surface area contributed by atoms with Gasteiger partial charge in [-0.25, -0.2) is 0 Å². The lowest BCUT2D eigenvalue weighted by molar-refractivity contribution is -0.138. The molecule has 0 spiro atoms. The zero-order valence-corrected chi connectivity index (χ0v) is 10.7. The Hall–Kier alpha value is -1.83. The Labute approximate surface area is 111 Å². The van der Waals surface area contributed by atoms with E-state index in [1.165, 1.54) is 0 Å². The Kier molecular flexibility index (Phi) is 3.89. The predicted octanol–water partition coefficient (Wildman–Crippen LogP) is 3.18. The molecule has 0 radical (unpaired) electrons. The summed E-state index contributed by atoms with van der Waals surface area (Å²) < 4.78 is 42.0. The molecule has 0 unspecified atom stereocenters. The van der Waals surface area contributed by atoms with Crippen LogP contribution in [-0.4, -0.2) is 17.3 Å². The van der Waals surface area contributed by atoms with Crippen LogP contribution in [0, 0.1) is 0 Å². The van der Waals surface area contributed by atoms with E-state index in [1.807, 2.05) is 6.07 Å². The predicted molar refractivity (Wildman–Crippen MR) is 65.2 cm³/mol. The SMILES string of the molecule is COc1cccc(CNc2nnc(C(F)(F)F)s2)c1. The first-order valence-corrected chi connectivity index (χ1v) is 6.08. The van der Waals surface area contributed by atoms with Crippen LogP contribution in [-0.2, 0) is 12.7 Å². The van der Waals surface area contributed by atoms with Crippen LogP contribution < -0.4 is 10.1 Å². The van der Waals surface area contributed by atoms with Gasteiger partial charge in [0.25, 0.3) is 0 Å². The minimum atomic E-state index is -4.45. The lowest BCUT2D eigenvalue weighted by Crippen LogP contribution is -2.03. The highest BCUT2D eigenvalue weighted by Gasteiger charge is 2.35. The molecular weight excluding hydrogens is 279 g/mol. The van der Waals surface area contributed by atoms with Crippen molar-refractivity contribution in [1.82, 2.24) is 10.2 Å². The molecule has 0 amide bonds. The number of methoxy groups -OCH3 is 1. The number of nitrogens with zero attached hydrogens (tertiary/aromatic N) is 2. The van der Waals surface area contributed by atoms with Gasteiger partial charge in [-0.2, -0.15) is 13.2 Å². The molecule has 0 bridgehead atoms. The minimum Gasteiger partial charge on any atom is -0.497 e. The summed E-state index contributed by atoms with van der Waals surface area (Å²) in [5.74, 6) is 0.688. The summed E-state index contributed by atoms with van der Waals surface area (Å²) in [7, 11) is 1.55. The van der Waals surface area contributed by atoms with Gasteiger partial charge in [0.2, 0.25) is 10.1 Å². The van der Waals surface area contributed by atoms with Crippen molar-refractivity contribution < 1.29 is 17.9 Å². The fraction of sp³-hybridized carbons (Fsp3) is 0.273. The third-order valence-corrected chi connectivity index (χ3v) is 3.17. The monoisotopic (exact) mass is 289 g/mol. The molecule has 0 saturated carbocycles. The van der Waals surface area contributed by atoms with Crippen LogP contribution in [0.4, 0.5) is 18.3 Å². The van der Waals surface area contributed by atoms with Crippen molar-refractivity contribution >= 4 is 16.5 Å². The average Bonchev–Trinajstić information content (AvgIpc) is 2.85. The van der Waals surface area contributed by atoms with E-state index in [4.69, 9.17) is 4.74 Å². The highest BCUT2D eigenvalue weighted by molar-refractivity contribution is 7.15. The molecule has 0 aliphatic heterocycles. The summed E-state index contributed by atoms with van der Waals surface area (Å²) in [5, 5.41) is 8.51. The molecule has 1 heterocycles. The van der Waals surface area contributed by atoms with Gasteiger partial charge in [-0.3, -0.25) is 0 Å². The fourth-order valence-corrected chi connectivity index (χ4v) is 1.98. The molecule has 0 aliphatic carbocycles. The maximum atomic E-state index is 12.3. The third-order valence-electron chi connectivity index (χ3n) is 2.25. The normalized spacial score (nSPS) is 11.4. The molecule has 102 valence electrons. The Bertz CT molecular complexity index is 556. The number of aromatic nitrogens is 2. The van der Waals surface area contributed by atoms with Crippen LogP contribution in [0.3, 0.4) is 0 Å². The van der Waals surface area contributed by atoms with Crippen LogP contribution in [0.1, 0.15) is 10.6 Å². The van der Waals surface area contributed by atoms with Crippen LogP contribution >= 0.6 is 11.3 Å². The van der Waals surface area contributed by atoms with Gasteiger partial charge in [-0.15, -0.1) is 10.2 Å². The summed E-state index contributed by atoms with van der Waals surface area (Å²) in [5.41, 5.74) is 0.878. The molecule has 0 saturated heterocycles. The van der Waals surface area contributed by atoms with Gasteiger partial charge in [-0.05, 0) is 17.7 Å². The van der Waals surface area contributed by atoms with E-state index >= 15 is 0 Å². The van der Waals surface area contributed by atoms with Crippen molar-refractivity contribution in [2.75, 3.05) is 12.4 Å². The Balaban J connectivity index is 2.00. The lowest BCUT2D eigenvalue weighted by Gasteiger charge is -2.04. The van der Waals surface area contributed by atoms with Gasteiger partial charge < -0.3 is 10.1 Å². The number of ether oxygens (including phenoxy) is 1. The number of rotatable bonds is 4. The van der Waals surface area contributed by atoms with Gasteiger partial charge in [-0.1, -0.05) is 23.5 Å². The lowest BCUT2D eigenvalue weighted by atomic mass is 10.2. The largest absolute Gasteiger partial charge is 0.497 e. The Morgan fingerprint density at radius 3 is 2.74 bits per heavy atom. The fourth-order valence-electron chi connectivity index (χ4n) is 1.37. The smallest absolute Gasteiger partial charge is 0.445 e. The average molecular weight is 289 g/mol. The molecule has 0 aliphatic rings. The number of anilines is 1. The number of hydrogen-bond acceptors (Lipinski definition) is 5. The second-order valence-electron chi connectivity index (χ2n) is 3.62. The molecule has 4 nitrogen and oxygen atoms in total. The highest BCUT2D eigenvalue weighted by Crippen LogP contribution is 2.33. The molecule has 0 atom stereocenters. The van der Waals surface area contributed by atoms with Gasteiger partial charge in [0, 0.05) is 6.54 Å². The molecule has 2 rings (SSSR count). The third kappa shape index (κ3) is 3.57. The molecule has 2 aromatic rings. The van der Waals surface area contributed by atoms with E-state index in [1.54, 1.807) is 25.3 Å². The van der Waals surface area contributed by atoms with Crippen molar-refractivity contribution in [2.24, 2.45) is 0 Å². The van der Waals surface area contributed by atoms with Gasteiger partial charge in [0.05, 0.1) is 7.11 Å². The van der Waals surface area contributed by atoms with E-state index < -0.39 is 11.2 Å². The highest BCUT2D eigenvalue weighted by atomic mass is 32.1. The number of benzene rings is 1. The van der Waals surface area contributed by atoms with Gasteiger partial charge >= 0.3 is 6.18 Å². The van der Waals surface area contributed by atoms with Gasteiger partial charge in [0.15, 0.2) is 0 Å². The molecule has 0 fully saturated rings. The summed E-state index contributed by atoms with van der Waals surface area (Å²) >= 11 is 0.479. The van der Waals surface area contributed by atoms with E-state index in [-0.39, 0.29) is 5.13 Å². The van der Waals surface area contributed by atoms with E-state index in [0.717, 1.165) is 5.56 Å². The first kappa shape index (κ1) is 13.6. The van der Waals surface area contributed by atoms with Crippen molar-refractivity contribution in [1.29, 1.82) is 0 Å². The quantitative estimate of drug-likeness (QED) is 0.939. The molecule has 1 N–H and O–H groups in total. The zero-order valence-electron chi connectivity index (χ0n) is 9.86. The summed E-state index contributed by atoms with van der Waals surface area (Å²) in [6.45, 7) is 0.351. The number of nitrogens with one attached hydrogen (secondary N) is 1. The van der Waals surface area contributed by atoms with Crippen LogP contribution in [0.2, 0.25) is 0 Å². The first-order valence-electron chi connectivity index (χ1n) is 5.26. The summed E-state index contributed by atoms with van der Waals surface area (Å²) in [6.07, 6.45) is -4.45.